The SMILES string of the molecule is COc1cc(S(=O)(=O)N2CCN3CCOCC3C2)ccc1Cl. The van der Waals surface area contributed by atoms with Crippen molar-refractivity contribution in [3.63, 3.8) is 0 Å². The summed E-state index contributed by atoms with van der Waals surface area (Å²) in [7, 11) is -2.08. The van der Waals surface area contributed by atoms with E-state index in [1.54, 1.807) is 6.07 Å². The number of hydrogen-bond acceptors (Lipinski definition) is 5. The van der Waals surface area contributed by atoms with E-state index in [1.807, 2.05) is 0 Å². The van der Waals surface area contributed by atoms with Crippen molar-refractivity contribution in [3.05, 3.63) is 23.2 Å². The minimum atomic E-state index is -3.55. The fourth-order valence-electron chi connectivity index (χ4n) is 2.89. The second-order valence-electron chi connectivity index (χ2n) is 5.42. The normalized spacial score (nSPS) is 24.0. The summed E-state index contributed by atoms with van der Waals surface area (Å²) in [5.41, 5.74) is 0. The summed E-state index contributed by atoms with van der Waals surface area (Å²) in [5, 5.41) is 0.395. The van der Waals surface area contributed by atoms with Crippen LogP contribution in [0.5, 0.6) is 5.75 Å². The van der Waals surface area contributed by atoms with Gasteiger partial charge < -0.3 is 9.47 Å². The van der Waals surface area contributed by atoms with Crippen molar-refractivity contribution in [2.24, 2.45) is 0 Å². The monoisotopic (exact) mass is 346 g/mol. The van der Waals surface area contributed by atoms with E-state index in [4.69, 9.17) is 21.1 Å². The maximum absolute atomic E-state index is 12.8. The van der Waals surface area contributed by atoms with E-state index in [9.17, 15) is 8.42 Å². The molecule has 1 atom stereocenters. The van der Waals surface area contributed by atoms with Crippen molar-refractivity contribution in [1.82, 2.24) is 9.21 Å². The average Bonchev–Trinajstić information content (AvgIpc) is 2.54. The number of halogens is 1. The van der Waals surface area contributed by atoms with Gasteiger partial charge >= 0.3 is 0 Å². The Balaban J connectivity index is 1.83. The third-order valence-electron chi connectivity index (χ3n) is 4.16. The molecular formula is C14H19ClN2O4S. The number of fused-ring (bicyclic) bond motifs is 1. The van der Waals surface area contributed by atoms with Gasteiger partial charge in [0.25, 0.3) is 0 Å². The predicted octanol–water partition coefficient (Wildman–Crippen LogP) is 1.05. The van der Waals surface area contributed by atoms with E-state index in [0.717, 1.165) is 19.7 Å². The molecule has 1 unspecified atom stereocenters. The summed E-state index contributed by atoms with van der Waals surface area (Å²) in [6, 6.07) is 4.67. The first kappa shape index (κ1) is 16.0. The van der Waals surface area contributed by atoms with Crippen LogP contribution in [0.15, 0.2) is 23.1 Å². The van der Waals surface area contributed by atoms with Gasteiger partial charge in [0.2, 0.25) is 10.0 Å². The first-order valence-corrected chi connectivity index (χ1v) is 8.99. The molecule has 0 N–H and O–H groups in total. The lowest BCUT2D eigenvalue weighted by atomic mass is 10.2. The molecule has 0 radical (unpaired) electrons. The van der Waals surface area contributed by atoms with Crippen LogP contribution < -0.4 is 4.74 Å². The van der Waals surface area contributed by atoms with Crippen LogP contribution in [0.2, 0.25) is 5.02 Å². The van der Waals surface area contributed by atoms with Gasteiger partial charge in [0.05, 0.1) is 30.2 Å². The largest absolute Gasteiger partial charge is 0.495 e. The molecule has 2 aliphatic rings. The van der Waals surface area contributed by atoms with Gasteiger partial charge in [0, 0.05) is 38.3 Å². The van der Waals surface area contributed by atoms with E-state index in [1.165, 1.54) is 23.5 Å². The highest BCUT2D eigenvalue weighted by molar-refractivity contribution is 7.89. The number of nitrogens with zero attached hydrogens (tertiary/aromatic N) is 2. The first-order valence-electron chi connectivity index (χ1n) is 7.18. The number of piperazine rings is 1. The fourth-order valence-corrected chi connectivity index (χ4v) is 4.57. The maximum atomic E-state index is 12.8. The predicted molar refractivity (Wildman–Crippen MR) is 82.9 cm³/mol. The lowest BCUT2D eigenvalue weighted by Crippen LogP contribution is -2.58. The van der Waals surface area contributed by atoms with Crippen molar-refractivity contribution in [2.75, 3.05) is 46.5 Å². The number of sulfonamides is 1. The van der Waals surface area contributed by atoms with Crippen molar-refractivity contribution in [1.29, 1.82) is 0 Å². The molecule has 0 spiro atoms. The van der Waals surface area contributed by atoms with Crippen LogP contribution >= 0.6 is 11.6 Å². The lowest BCUT2D eigenvalue weighted by molar-refractivity contribution is -0.0304. The summed E-state index contributed by atoms with van der Waals surface area (Å²) >= 11 is 5.97. The Labute approximate surface area is 135 Å². The summed E-state index contributed by atoms with van der Waals surface area (Å²) in [6.45, 7) is 3.84. The Bertz CT molecular complexity index is 652. The Morgan fingerprint density at radius 1 is 1.32 bits per heavy atom. The molecule has 2 fully saturated rings. The van der Waals surface area contributed by atoms with Crippen LogP contribution in [0.4, 0.5) is 0 Å². The van der Waals surface area contributed by atoms with E-state index in [0.29, 0.717) is 30.5 Å². The number of benzene rings is 1. The maximum Gasteiger partial charge on any atom is 0.243 e. The molecule has 0 bridgehead atoms. The lowest BCUT2D eigenvalue weighted by Gasteiger charge is -2.43. The average molecular weight is 347 g/mol. The van der Waals surface area contributed by atoms with Crippen LogP contribution in [0.25, 0.3) is 0 Å². The molecule has 22 heavy (non-hydrogen) atoms. The number of rotatable bonds is 3. The van der Waals surface area contributed by atoms with Gasteiger partial charge in [0.15, 0.2) is 0 Å². The van der Waals surface area contributed by atoms with Crippen LogP contribution in [-0.2, 0) is 14.8 Å². The zero-order chi connectivity index (χ0) is 15.7. The molecule has 0 saturated carbocycles. The molecule has 1 aromatic rings. The molecule has 0 amide bonds. The van der Waals surface area contributed by atoms with Crippen molar-refractivity contribution in [2.45, 2.75) is 10.9 Å². The van der Waals surface area contributed by atoms with Gasteiger partial charge in [-0.1, -0.05) is 11.6 Å². The highest BCUT2D eigenvalue weighted by Gasteiger charge is 2.35. The summed E-state index contributed by atoms with van der Waals surface area (Å²) in [6.07, 6.45) is 0. The second kappa shape index (κ2) is 6.33. The van der Waals surface area contributed by atoms with E-state index in [-0.39, 0.29) is 10.9 Å². The van der Waals surface area contributed by atoms with Crippen LogP contribution in [-0.4, -0.2) is 70.2 Å². The minimum Gasteiger partial charge on any atom is -0.495 e. The molecule has 6 nitrogen and oxygen atoms in total. The van der Waals surface area contributed by atoms with Gasteiger partial charge in [-0.2, -0.15) is 4.31 Å². The fraction of sp³-hybridized carbons (Fsp3) is 0.571. The number of hydrogen-bond donors (Lipinski definition) is 0. The molecule has 8 heteroatoms. The number of ether oxygens (including phenoxy) is 2. The van der Waals surface area contributed by atoms with E-state index >= 15 is 0 Å². The Morgan fingerprint density at radius 2 is 2.14 bits per heavy atom. The Hall–Kier alpha value is -0.860. The van der Waals surface area contributed by atoms with E-state index < -0.39 is 10.0 Å². The minimum absolute atomic E-state index is 0.131. The summed E-state index contributed by atoms with van der Waals surface area (Å²) in [4.78, 5) is 2.50. The third-order valence-corrected chi connectivity index (χ3v) is 6.33. The van der Waals surface area contributed by atoms with Crippen LogP contribution in [0.1, 0.15) is 0 Å². The topological polar surface area (TPSA) is 59.1 Å². The van der Waals surface area contributed by atoms with Crippen molar-refractivity contribution >= 4 is 21.6 Å². The quantitative estimate of drug-likeness (QED) is 0.819. The summed E-state index contributed by atoms with van der Waals surface area (Å²) < 4.78 is 37.7. The third kappa shape index (κ3) is 2.96. The molecule has 2 heterocycles. The highest BCUT2D eigenvalue weighted by atomic mass is 35.5. The standard InChI is InChI=1S/C14H19ClN2O4S/c1-20-14-8-12(2-3-13(14)15)22(18,19)17-5-4-16-6-7-21-10-11(16)9-17/h2-3,8,11H,4-7,9-10H2,1H3. The number of morpholine rings is 1. The highest BCUT2D eigenvalue weighted by Crippen LogP contribution is 2.29. The molecule has 1 aromatic carbocycles. The molecule has 0 aliphatic carbocycles. The number of methoxy groups -OCH3 is 1. The molecule has 122 valence electrons. The molecule has 0 aromatic heterocycles. The molecular weight excluding hydrogens is 328 g/mol. The van der Waals surface area contributed by atoms with Crippen LogP contribution in [0.3, 0.4) is 0 Å². The van der Waals surface area contributed by atoms with Gasteiger partial charge in [-0.25, -0.2) is 8.42 Å². The zero-order valence-electron chi connectivity index (χ0n) is 12.4. The molecule has 3 rings (SSSR count). The first-order chi connectivity index (χ1) is 10.5. The van der Waals surface area contributed by atoms with Crippen molar-refractivity contribution < 1.29 is 17.9 Å². The van der Waals surface area contributed by atoms with Gasteiger partial charge in [0.1, 0.15) is 5.75 Å². The Kier molecular flexibility index (Phi) is 4.61. The van der Waals surface area contributed by atoms with Crippen LogP contribution in [0, 0.1) is 0 Å². The van der Waals surface area contributed by atoms with Crippen molar-refractivity contribution in [3.8, 4) is 5.75 Å². The molecule has 2 saturated heterocycles. The second-order valence-corrected chi connectivity index (χ2v) is 7.77. The van der Waals surface area contributed by atoms with Gasteiger partial charge in [-0.05, 0) is 12.1 Å². The zero-order valence-corrected chi connectivity index (χ0v) is 13.9. The molecule has 2 aliphatic heterocycles. The summed E-state index contributed by atoms with van der Waals surface area (Å²) in [5.74, 6) is 0.363. The Morgan fingerprint density at radius 3 is 2.91 bits per heavy atom. The van der Waals surface area contributed by atoms with E-state index in [2.05, 4.69) is 4.90 Å². The smallest absolute Gasteiger partial charge is 0.243 e. The van der Waals surface area contributed by atoms with Gasteiger partial charge in [-0.3, -0.25) is 4.90 Å². The van der Waals surface area contributed by atoms with Gasteiger partial charge in [-0.15, -0.1) is 0 Å².